The van der Waals surface area contributed by atoms with E-state index in [4.69, 9.17) is 5.10 Å². The van der Waals surface area contributed by atoms with Crippen molar-refractivity contribution < 1.29 is 9.59 Å². The van der Waals surface area contributed by atoms with Crippen molar-refractivity contribution in [2.24, 2.45) is 0 Å². The van der Waals surface area contributed by atoms with E-state index < -0.39 is 0 Å². The van der Waals surface area contributed by atoms with Gasteiger partial charge in [-0.15, -0.1) is 0 Å². The second kappa shape index (κ2) is 10.5. The third kappa shape index (κ3) is 6.31. The largest absolute Gasteiger partial charge is 0.343 e. The lowest BCUT2D eigenvalue weighted by Gasteiger charge is -2.14. The number of unbranched alkanes of at least 4 members (excludes halogenated alkanes) is 1. The lowest BCUT2D eigenvalue weighted by Crippen LogP contribution is -2.33. The van der Waals surface area contributed by atoms with E-state index in [9.17, 15) is 9.59 Å². The minimum absolute atomic E-state index is 0.125. The van der Waals surface area contributed by atoms with Crippen molar-refractivity contribution >= 4 is 17.6 Å². The number of aryl methyl sites for hydroxylation is 2. The average molecular weight is 447 g/mol. The van der Waals surface area contributed by atoms with E-state index in [0.29, 0.717) is 11.4 Å². The first-order valence-corrected chi connectivity index (χ1v) is 11.5. The van der Waals surface area contributed by atoms with Gasteiger partial charge in [-0.1, -0.05) is 64.4 Å². The summed E-state index contributed by atoms with van der Waals surface area (Å²) >= 11 is 0. The number of benzene rings is 2. The molecular weight excluding hydrogens is 412 g/mol. The molecule has 33 heavy (non-hydrogen) atoms. The van der Waals surface area contributed by atoms with E-state index in [1.807, 2.05) is 49.4 Å². The molecular formula is C27H34N4O2. The maximum absolute atomic E-state index is 12.7. The molecule has 6 heteroatoms. The second-order valence-corrected chi connectivity index (χ2v) is 9.39. The molecule has 0 spiro atoms. The summed E-state index contributed by atoms with van der Waals surface area (Å²) in [6.45, 7) is 10.3. The Morgan fingerprint density at radius 1 is 1.03 bits per heavy atom. The molecule has 0 saturated heterocycles. The number of amides is 2. The fourth-order valence-corrected chi connectivity index (χ4v) is 3.47. The van der Waals surface area contributed by atoms with Gasteiger partial charge in [0, 0.05) is 17.0 Å². The van der Waals surface area contributed by atoms with Crippen molar-refractivity contribution in [3.8, 4) is 5.69 Å². The highest BCUT2D eigenvalue weighted by atomic mass is 16.2. The molecule has 0 fully saturated rings. The predicted molar refractivity (Wildman–Crippen MR) is 133 cm³/mol. The quantitative estimate of drug-likeness (QED) is 0.500. The summed E-state index contributed by atoms with van der Waals surface area (Å²) in [6, 6.07) is 17.3. The number of nitrogens with one attached hydrogen (secondary N) is 2. The lowest BCUT2D eigenvalue weighted by molar-refractivity contribution is -0.115. The molecule has 0 aliphatic carbocycles. The number of nitrogens with zero attached hydrogens (tertiary/aromatic N) is 2. The standard InChI is InChI=1S/C27H34N4O2/c1-6-7-11-20-13-15-21(16-14-20)26(33)28-18-25(32)29-24-17-23(27(3,4)5)30-31(24)22-12-9-8-10-19(22)2/h8-10,12-17H,6-7,11,18H2,1-5H3,(H,28,33)(H,29,32). The summed E-state index contributed by atoms with van der Waals surface area (Å²) in [5.74, 6) is 0.00171. The SMILES string of the molecule is CCCCc1ccc(C(=O)NCC(=O)Nc2cc(C(C)(C)C)nn2-c2ccccc2C)cc1. The molecule has 2 amide bonds. The zero-order chi connectivity index (χ0) is 24.0. The number of anilines is 1. The van der Waals surface area contributed by atoms with Gasteiger partial charge in [-0.25, -0.2) is 4.68 Å². The Hall–Kier alpha value is -3.41. The summed E-state index contributed by atoms with van der Waals surface area (Å²) in [4.78, 5) is 25.2. The minimum atomic E-state index is -0.307. The minimum Gasteiger partial charge on any atom is -0.343 e. The van der Waals surface area contributed by atoms with E-state index >= 15 is 0 Å². The molecule has 2 N–H and O–H groups in total. The molecule has 0 bridgehead atoms. The van der Waals surface area contributed by atoms with Crippen LogP contribution in [0.2, 0.25) is 0 Å². The van der Waals surface area contributed by atoms with Crippen LogP contribution < -0.4 is 10.6 Å². The van der Waals surface area contributed by atoms with Crippen molar-refractivity contribution in [3.05, 3.63) is 77.0 Å². The van der Waals surface area contributed by atoms with Gasteiger partial charge in [-0.3, -0.25) is 9.59 Å². The maximum Gasteiger partial charge on any atom is 0.251 e. The van der Waals surface area contributed by atoms with Gasteiger partial charge in [0.05, 0.1) is 17.9 Å². The van der Waals surface area contributed by atoms with Crippen LogP contribution in [0, 0.1) is 6.92 Å². The van der Waals surface area contributed by atoms with Crippen molar-refractivity contribution in [1.29, 1.82) is 0 Å². The van der Waals surface area contributed by atoms with Crippen molar-refractivity contribution in [2.75, 3.05) is 11.9 Å². The number of carbonyl (C=O) groups is 2. The summed E-state index contributed by atoms with van der Waals surface area (Å²) < 4.78 is 1.75. The van der Waals surface area contributed by atoms with Crippen LogP contribution in [0.25, 0.3) is 5.69 Å². The number of carbonyl (C=O) groups excluding carboxylic acids is 2. The summed E-state index contributed by atoms with van der Waals surface area (Å²) in [5, 5.41) is 10.4. The molecule has 6 nitrogen and oxygen atoms in total. The maximum atomic E-state index is 12.7. The Labute approximate surface area is 196 Å². The van der Waals surface area contributed by atoms with Gasteiger partial charge in [0.25, 0.3) is 5.91 Å². The molecule has 0 unspecified atom stereocenters. The molecule has 1 aromatic heterocycles. The third-order valence-electron chi connectivity index (χ3n) is 5.53. The Bertz CT molecular complexity index is 1110. The highest BCUT2D eigenvalue weighted by Crippen LogP contribution is 2.27. The number of hydrogen-bond acceptors (Lipinski definition) is 3. The Morgan fingerprint density at radius 2 is 1.73 bits per heavy atom. The monoisotopic (exact) mass is 446 g/mol. The van der Waals surface area contributed by atoms with Crippen LogP contribution in [0.15, 0.2) is 54.6 Å². The van der Waals surface area contributed by atoms with Crippen LogP contribution in [0.1, 0.15) is 67.7 Å². The van der Waals surface area contributed by atoms with Gasteiger partial charge in [0.15, 0.2) is 0 Å². The highest BCUT2D eigenvalue weighted by molar-refractivity contribution is 5.99. The Morgan fingerprint density at radius 3 is 2.36 bits per heavy atom. The van der Waals surface area contributed by atoms with Gasteiger partial charge >= 0.3 is 0 Å². The van der Waals surface area contributed by atoms with Gasteiger partial charge in [0.2, 0.25) is 5.91 Å². The number of para-hydroxylation sites is 1. The van der Waals surface area contributed by atoms with E-state index in [-0.39, 0.29) is 23.8 Å². The smallest absolute Gasteiger partial charge is 0.251 e. The number of rotatable bonds is 8. The van der Waals surface area contributed by atoms with Gasteiger partial charge < -0.3 is 10.6 Å². The normalized spacial score (nSPS) is 11.3. The molecule has 3 rings (SSSR count). The fourth-order valence-electron chi connectivity index (χ4n) is 3.47. The Kier molecular flexibility index (Phi) is 7.69. The van der Waals surface area contributed by atoms with Crippen LogP contribution in [-0.4, -0.2) is 28.1 Å². The first-order valence-electron chi connectivity index (χ1n) is 11.5. The first kappa shape index (κ1) is 24.2. The lowest BCUT2D eigenvalue weighted by atomic mass is 9.92. The molecule has 174 valence electrons. The highest BCUT2D eigenvalue weighted by Gasteiger charge is 2.22. The molecule has 2 aromatic carbocycles. The van der Waals surface area contributed by atoms with Crippen molar-refractivity contribution in [3.63, 3.8) is 0 Å². The zero-order valence-corrected chi connectivity index (χ0v) is 20.2. The molecule has 3 aromatic rings. The topological polar surface area (TPSA) is 76.0 Å². The predicted octanol–water partition coefficient (Wildman–Crippen LogP) is 5.19. The van der Waals surface area contributed by atoms with Crippen LogP contribution in [-0.2, 0) is 16.6 Å². The molecule has 0 saturated carbocycles. The zero-order valence-electron chi connectivity index (χ0n) is 20.2. The van der Waals surface area contributed by atoms with E-state index in [0.717, 1.165) is 36.2 Å². The number of hydrogen-bond donors (Lipinski definition) is 2. The molecule has 0 aliphatic heterocycles. The summed E-state index contributed by atoms with van der Waals surface area (Å²) in [5.41, 5.74) is 4.40. The van der Waals surface area contributed by atoms with E-state index in [1.165, 1.54) is 5.56 Å². The number of aromatic nitrogens is 2. The molecule has 0 atom stereocenters. The average Bonchev–Trinajstić information content (AvgIpc) is 3.20. The van der Waals surface area contributed by atoms with E-state index in [2.05, 4.69) is 38.3 Å². The van der Waals surface area contributed by atoms with E-state index in [1.54, 1.807) is 16.8 Å². The first-order chi connectivity index (χ1) is 15.7. The molecule has 0 radical (unpaired) electrons. The molecule has 1 heterocycles. The van der Waals surface area contributed by atoms with Crippen molar-refractivity contribution in [1.82, 2.24) is 15.1 Å². The van der Waals surface area contributed by atoms with Crippen LogP contribution in [0.5, 0.6) is 0 Å². The van der Waals surface area contributed by atoms with Crippen LogP contribution >= 0.6 is 0 Å². The van der Waals surface area contributed by atoms with Crippen LogP contribution in [0.4, 0.5) is 5.82 Å². The Balaban J connectivity index is 1.69. The van der Waals surface area contributed by atoms with Crippen molar-refractivity contribution in [2.45, 2.75) is 59.3 Å². The molecule has 0 aliphatic rings. The third-order valence-corrected chi connectivity index (χ3v) is 5.53. The van der Waals surface area contributed by atoms with Gasteiger partial charge in [-0.05, 0) is 49.1 Å². The fraction of sp³-hybridized carbons (Fsp3) is 0.370. The summed E-state index contributed by atoms with van der Waals surface area (Å²) in [6.07, 6.45) is 3.27. The second-order valence-electron chi connectivity index (χ2n) is 9.39. The van der Waals surface area contributed by atoms with Gasteiger partial charge in [-0.2, -0.15) is 5.10 Å². The van der Waals surface area contributed by atoms with Crippen LogP contribution in [0.3, 0.4) is 0 Å². The van der Waals surface area contributed by atoms with Gasteiger partial charge in [0.1, 0.15) is 5.82 Å². The summed E-state index contributed by atoms with van der Waals surface area (Å²) in [7, 11) is 0.